The Labute approximate surface area is 134 Å². The molecule has 0 N–H and O–H groups in total. The Bertz CT molecular complexity index is 867. The first-order valence-electron chi connectivity index (χ1n) is 7.53. The lowest BCUT2D eigenvalue weighted by Crippen LogP contribution is -2.13. The number of aromatic nitrogens is 3. The van der Waals surface area contributed by atoms with Gasteiger partial charge in [0.15, 0.2) is 10.8 Å². The van der Waals surface area contributed by atoms with E-state index in [2.05, 4.69) is 44.4 Å². The zero-order chi connectivity index (χ0) is 16.1. The second-order valence-electron chi connectivity index (χ2n) is 6.49. The molecular formula is C17H21N3OS. The third kappa shape index (κ3) is 2.24. The first kappa shape index (κ1) is 15.2. The largest absolute Gasteiger partial charge is 0.324 e. The minimum absolute atomic E-state index is 0.0910. The standard InChI is InChI=1S/C17H21N3OS/c1-6-19-12-9-7-8-10-13(12)20-16(19)14(22-11(2)21)15(18-20)17(3,4)5/h7-10H,6H2,1-5H3. The highest BCUT2D eigenvalue weighted by Gasteiger charge is 2.28. The van der Waals surface area contributed by atoms with E-state index in [-0.39, 0.29) is 10.5 Å². The number of hydrogen-bond acceptors (Lipinski definition) is 3. The minimum atomic E-state index is -0.108. The van der Waals surface area contributed by atoms with Crippen LogP contribution in [0.15, 0.2) is 29.2 Å². The van der Waals surface area contributed by atoms with Gasteiger partial charge >= 0.3 is 0 Å². The summed E-state index contributed by atoms with van der Waals surface area (Å²) in [5, 5.41) is 4.95. The topological polar surface area (TPSA) is 39.3 Å². The molecule has 3 rings (SSSR count). The van der Waals surface area contributed by atoms with Crippen LogP contribution in [-0.2, 0) is 16.8 Å². The van der Waals surface area contributed by atoms with Crippen LogP contribution in [0.25, 0.3) is 16.7 Å². The van der Waals surface area contributed by atoms with Crippen LogP contribution in [0, 0.1) is 0 Å². The van der Waals surface area contributed by atoms with Gasteiger partial charge in [0.05, 0.1) is 21.6 Å². The summed E-state index contributed by atoms with van der Waals surface area (Å²) in [5.74, 6) is 0. The van der Waals surface area contributed by atoms with Crippen LogP contribution in [0.4, 0.5) is 0 Å². The van der Waals surface area contributed by atoms with Gasteiger partial charge in [-0.3, -0.25) is 4.79 Å². The summed E-state index contributed by atoms with van der Waals surface area (Å²) in [6.07, 6.45) is 0. The van der Waals surface area contributed by atoms with Gasteiger partial charge in [-0.2, -0.15) is 5.10 Å². The molecule has 0 spiro atoms. The van der Waals surface area contributed by atoms with Gasteiger partial charge in [0, 0.05) is 18.9 Å². The number of rotatable bonds is 2. The maximum atomic E-state index is 11.8. The number of carbonyl (C=O) groups is 1. The average molecular weight is 315 g/mol. The SMILES string of the molecule is CCn1c2ccccc2n2nc(C(C)(C)C)c(SC(C)=O)c12. The fourth-order valence-electron chi connectivity index (χ4n) is 2.83. The molecule has 0 aliphatic heterocycles. The Morgan fingerprint density at radius 1 is 1.23 bits per heavy atom. The Balaban J connectivity index is 2.47. The second-order valence-corrected chi connectivity index (χ2v) is 7.68. The van der Waals surface area contributed by atoms with Crippen molar-refractivity contribution in [3.63, 3.8) is 0 Å². The van der Waals surface area contributed by atoms with Crippen molar-refractivity contribution in [3.05, 3.63) is 30.0 Å². The number of para-hydroxylation sites is 2. The lowest BCUT2D eigenvalue weighted by Gasteiger charge is -2.17. The lowest BCUT2D eigenvalue weighted by molar-refractivity contribution is -0.109. The van der Waals surface area contributed by atoms with Crippen molar-refractivity contribution in [2.75, 3.05) is 0 Å². The van der Waals surface area contributed by atoms with Crippen LogP contribution in [-0.4, -0.2) is 19.3 Å². The first-order chi connectivity index (χ1) is 10.3. The lowest BCUT2D eigenvalue weighted by atomic mass is 9.92. The quantitative estimate of drug-likeness (QED) is 0.664. The van der Waals surface area contributed by atoms with Gasteiger partial charge in [0.25, 0.3) is 0 Å². The molecule has 0 amide bonds. The van der Waals surface area contributed by atoms with Crippen LogP contribution in [0.2, 0.25) is 0 Å². The molecule has 4 nitrogen and oxygen atoms in total. The summed E-state index contributed by atoms with van der Waals surface area (Å²) < 4.78 is 4.23. The van der Waals surface area contributed by atoms with Crippen molar-refractivity contribution in [3.8, 4) is 0 Å². The second kappa shape index (κ2) is 5.16. The summed E-state index contributed by atoms with van der Waals surface area (Å²) in [5.41, 5.74) is 4.13. The van der Waals surface area contributed by atoms with E-state index in [1.54, 1.807) is 6.92 Å². The molecule has 3 aromatic rings. The van der Waals surface area contributed by atoms with Crippen LogP contribution < -0.4 is 0 Å². The molecule has 22 heavy (non-hydrogen) atoms. The van der Waals surface area contributed by atoms with Gasteiger partial charge in [-0.05, 0) is 30.8 Å². The summed E-state index contributed by atoms with van der Waals surface area (Å²) >= 11 is 1.29. The van der Waals surface area contributed by atoms with Crippen molar-refractivity contribution >= 4 is 33.6 Å². The summed E-state index contributed by atoms with van der Waals surface area (Å²) in [6.45, 7) is 11.0. The minimum Gasteiger partial charge on any atom is -0.324 e. The molecule has 0 aliphatic carbocycles. The molecule has 0 bridgehead atoms. The Morgan fingerprint density at radius 2 is 1.86 bits per heavy atom. The van der Waals surface area contributed by atoms with Crippen LogP contribution >= 0.6 is 11.8 Å². The van der Waals surface area contributed by atoms with E-state index in [1.807, 2.05) is 16.6 Å². The molecule has 1 aromatic carbocycles. The molecule has 0 saturated carbocycles. The third-order valence-corrected chi connectivity index (χ3v) is 4.62. The van der Waals surface area contributed by atoms with E-state index in [0.29, 0.717) is 0 Å². The van der Waals surface area contributed by atoms with E-state index < -0.39 is 0 Å². The Kier molecular flexibility index (Phi) is 3.56. The first-order valence-corrected chi connectivity index (χ1v) is 8.35. The molecule has 2 heterocycles. The molecule has 2 aromatic heterocycles. The highest BCUT2D eigenvalue weighted by Crippen LogP contribution is 2.37. The summed E-state index contributed by atoms with van der Waals surface area (Å²) in [4.78, 5) is 12.7. The highest BCUT2D eigenvalue weighted by atomic mass is 32.2. The van der Waals surface area contributed by atoms with Crippen molar-refractivity contribution < 1.29 is 4.79 Å². The fraction of sp³-hybridized carbons (Fsp3) is 0.412. The zero-order valence-corrected chi connectivity index (χ0v) is 14.5. The number of thioether (sulfide) groups is 1. The molecule has 0 unspecified atom stereocenters. The maximum absolute atomic E-state index is 11.8. The van der Waals surface area contributed by atoms with Gasteiger partial charge in [0.1, 0.15) is 0 Å². The summed E-state index contributed by atoms with van der Waals surface area (Å²) in [7, 11) is 0. The van der Waals surface area contributed by atoms with Gasteiger partial charge in [-0.1, -0.05) is 32.9 Å². The van der Waals surface area contributed by atoms with E-state index >= 15 is 0 Å². The van der Waals surface area contributed by atoms with E-state index in [0.717, 1.165) is 33.8 Å². The number of carbonyl (C=O) groups excluding carboxylic acids is 1. The fourth-order valence-corrected chi connectivity index (χ4v) is 3.85. The van der Waals surface area contributed by atoms with Gasteiger partial charge in [0.2, 0.25) is 0 Å². The highest BCUT2D eigenvalue weighted by molar-refractivity contribution is 8.13. The molecule has 116 valence electrons. The average Bonchev–Trinajstić information content (AvgIpc) is 2.93. The van der Waals surface area contributed by atoms with Crippen molar-refractivity contribution in [1.82, 2.24) is 14.2 Å². The summed E-state index contributed by atoms with van der Waals surface area (Å²) in [6, 6.07) is 8.25. The van der Waals surface area contributed by atoms with E-state index in [1.165, 1.54) is 11.8 Å². The van der Waals surface area contributed by atoms with E-state index in [9.17, 15) is 4.79 Å². The number of imidazole rings is 1. The van der Waals surface area contributed by atoms with Crippen LogP contribution in [0.5, 0.6) is 0 Å². The van der Waals surface area contributed by atoms with Gasteiger partial charge < -0.3 is 4.57 Å². The Morgan fingerprint density at radius 3 is 2.41 bits per heavy atom. The molecule has 0 fully saturated rings. The normalized spacial score (nSPS) is 12.4. The molecule has 0 aliphatic rings. The predicted octanol–water partition coefficient (Wildman–Crippen LogP) is 4.25. The molecule has 0 radical (unpaired) electrons. The number of benzene rings is 1. The maximum Gasteiger partial charge on any atom is 0.190 e. The van der Waals surface area contributed by atoms with Crippen LogP contribution in [0.3, 0.4) is 0 Å². The van der Waals surface area contributed by atoms with Crippen LogP contribution in [0.1, 0.15) is 40.3 Å². The zero-order valence-electron chi connectivity index (χ0n) is 13.7. The smallest absolute Gasteiger partial charge is 0.190 e. The number of fused-ring (bicyclic) bond motifs is 3. The third-order valence-electron chi connectivity index (χ3n) is 3.75. The predicted molar refractivity (Wildman–Crippen MR) is 91.6 cm³/mol. The van der Waals surface area contributed by atoms with Gasteiger partial charge in [-0.15, -0.1) is 0 Å². The number of nitrogens with zero attached hydrogens (tertiary/aromatic N) is 3. The number of hydrogen-bond donors (Lipinski definition) is 0. The molecule has 0 saturated heterocycles. The van der Waals surface area contributed by atoms with E-state index in [4.69, 9.17) is 5.10 Å². The monoisotopic (exact) mass is 315 g/mol. The van der Waals surface area contributed by atoms with Crippen molar-refractivity contribution in [2.24, 2.45) is 0 Å². The van der Waals surface area contributed by atoms with Gasteiger partial charge in [-0.25, -0.2) is 4.52 Å². The van der Waals surface area contributed by atoms with Crippen molar-refractivity contribution in [1.29, 1.82) is 0 Å². The molecule has 5 heteroatoms. The Hall–Kier alpha value is -1.75. The number of aryl methyl sites for hydroxylation is 1. The molecule has 0 atom stereocenters. The van der Waals surface area contributed by atoms with Crippen molar-refractivity contribution in [2.45, 2.75) is 51.5 Å². The molecular weight excluding hydrogens is 294 g/mol.